The molecule has 0 heterocycles. The van der Waals surface area contributed by atoms with Crippen molar-refractivity contribution < 1.29 is 4.79 Å². The van der Waals surface area contributed by atoms with Gasteiger partial charge in [0, 0.05) is 0 Å². The summed E-state index contributed by atoms with van der Waals surface area (Å²) in [6, 6.07) is 19.6. The zero-order valence-electron chi connectivity index (χ0n) is 13.5. The number of carbonyl (C=O) groups excluding carboxylic acids is 1. The molecule has 1 atom stereocenters. The number of nitrogens with one attached hydrogen (secondary N) is 1. The van der Waals surface area contributed by atoms with Crippen LogP contribution in [0.2, 0.25) is 0 Å². The first-order valence-corrected chi connectivity index (χ1v) is 9.77. The molecule has 0 spiro atoms. The van der Waals surface area contributed by atoms with Crippen LogP contribution in [0.25, 0.3) is 32.3 Å². The van der Waals surface area contributed by atoms with Gasteiger partial charge >= 0.3 is 0 Å². The van der Waals surface area contributed by atoms with Crippen molar-refractivity contribution in [1.82, 2.24) is 5.32 Å². The average Bonchev–Trinajstić information content (AvgIpc) is 2.64. The summed E-state index contributed by atoms with van der Waals surface area (Å²) >= 11 is 2.11. The van der Waals surface area contributed by atoms with E-state index in [0.29, 0.717) is 4.43 Å². The van der Waals surface area contributed by atoms with Crippen LogP contribution in [0.15, 0.2) is 54.6 Å². The van der Waals surface area contributed by atoms with E-state index in [1.54, 1.807) is 0 Å². The molecule has 0 saturated carbocycles. The normalized spacial score (nSPS) is 12.9. The molecule has 4 aromatic rings. The number of hydrogen-bond acceptors (Lipinski definition) is 1. The molecule has 120 valence electrons. The van der Waals surface area contributed by atoms with E-state index in [4.69, 9.17) is 0 Å². The Hall–Kier alpha value is -1.88. The lowest BCUT2D eigenvalue weighted by Gasteiger charge is -2.21. The van der Waals surface area contributed by atoms with Crippen molar-refractivity contribution in [3.8, 4) is 0 Å². The smallest absolute Gasteiger partial charge is 0.230 e. The number of alkyl halides is 1. The SMILES string of the molecule is CCC(NC(=O)CI)c1ccc2ccc3cccc4ccc1c2c34. The van der Waals surface area contributed by atoms with E-state index >= 15 is 0 Å². The van der Waals surface area contributed by atoms with Crippen molar-refractivity contribution in [3.05, 3.63) is 60.2 Å². The number of carbonyl (C=O) groups is 1. The van der Waals surface area contributed by atoms with Crippen LogP contribution in [0.1, 0.15) is 24.9 Å². The maximum atomic E-state index is 11.9. The Balaban J connectivity index is 2.01. The summed E-state index contributed by atoms with van der Waals surface area (Å²) < 4.78 is 0.486. The van der Waals surface area contributed by atoms with Gasteiger partial charge < -0.3 is 5.32 Å². The van der Waals surface area contributed by atoms with Crippen molar-refractivity contribution in [3.63, 3.8) is 0 Å². The zero-order chi connectivity index (χ0) is 16.7. The quantitative estimate of drug-likeness (QED) is 0.257. The van der Waals surface area contributed by atoms with Gasteiger partial charge in [-0.15, -0.1) is 0 Å². The predicted octanol–water partition coefficient (Wildman–Crippen LogP) is 5.59. The Labute approximate surface area is 154 Å². The maximum absolute atomic E-state index is 11.9. The molecular formula is C21H18INO. The molecule has 0 aromatic heterocycles. The van der Waals surface area contributed by atoms with Crippen molar-refractivity contribution in [2.24, 2.45) is 0 Å². The molecule has 4 aromatic carbocycles. The highest BCUT2D eigenvalue weighted by Crippen LogP contribution is 2.37. The van der Waals surface area contributed by atoms with Crippen LogP contribution in [0.4, 0.5) is 0 Å². The molecule has 3 heteroatoms. The topological polar surface area (TPSA) is 29.1 Å². The lowest BCUT2D eigenvalue weighted by molar-refractivity contribution is -0.119. The van der Waals surface area contributed by atoms with E-state index in [1.165, 1.54) is 37.9 Å². The Morgan fingerprint density at radius 2 is 1.58 bits per heavy atom. The number of halogens is 1. The number of rotatable bonds is 4. The monoisotopic (exact) mass is 427 g/mol. The minimum Gasteiger partial charge on any atom is -0.349 e. The van der Waals surface area contributed by atoms with Gasteiger partial charge in [-0.2, -0.15) is 0 Å². The highest BCUT2D eigenvalue weighted by molar-refractivity contribution is 14.1. The summed E-state index contributed by atoms with van der Waals surface area (Å²) in [5.74, 6) is 0.0909. The predicted molar refractivity (Wildman–Crippen MR) is 110 cm³/mol. The van der Waals surface area contributed by atoms with Crippen LogP contribution in [-0.2, 0) is 4.79 Å². The fraction of sp³-hybridized carbons (Fsp3) is 0.190. The van der Waals surface area contributed by atoms with Crippen LogP contribution < -0.4 is 5.32 Å². The molecule has 0 fully saturated rings. The summed E-state index contributed by atoms with van der Waals surface area (Å²) in [6.45, 7) is 2.12. The lowest BCUT2D eigenvalue weighted by Crippen LogP contribution is -2.29. The Bertz CT molecular complexity index is 1020. The Morgan fingerprint density at radius 3 is 2.25 bits per heavy atom. The molecule has 4 rings (SSSR count). The number of benzene rings is 4. The third-order valence-corrected chi connectivity index (χ3v) is 5.50. The van der Waals surface area contributed by atoms with E-state index < -0.39 is 0 Å². The van der Waals surface area contributed by atoms with E-state index in [9.17, 15) is 4.79 Å². The van der Waals surface area contributed by atoms with E-state index in [0.717, 1.165) is 6.42 Å². The van der Waals surface area contributed by atoms with Gasteiger partial charge in [0.15, 0.2) is 0 Å². The fourth-order valence-electron chi connectivity index (χ4n) is 3.69. The molecule has 24 heavy (non-hydrogen) atoms. The second-order valence-corrected chi connectivity index (χ2v) is 6.94. The van der Waals surface area contributed by atoms with E-state index in [-0.39, 0.29) is 11.9 Å². The summed E-state index contributed by atoms with van der Waals surface area (Å²) in [5.41, 5.74) is 1.21. The molecule has 0 aliphatic heterocycles. The van der Waals surface area contributed by atoms with Gasteiger partial charge in [-0.3, -0.25) is 4.79 Å². The second-order valence-electron chi connectivity index (χ2n) is 6.17. The lowest BCUT2D eigenvalue weighted by atomic mass is 9.89. The summed E-state index contributed by atoms with van der Waals surface area (Å²) in [7, 11) is 0. The zero-order valence-corrected chi connectivity index (χ0v) is 15.6. The Morgan fingerprint density at radius 1 is 0.958 bits per heavy atom. The number of hydrogen-bond donors (Lipinski definition) is 1. The van der Waals surface area contributed by atoms with Crippen LogP contribution in [0.5, 0.6) is 0 Å². The second kappa shape index (κ2) is 6.20. The van der Waals surface area contributed by atoms with Crippen molar-refractivity contribution in [2.75, 3.05) is 4.43 Å². The van der Waals surface area contributed by atoms with Crippen LogP contribution in [0, 0.1) is 0 Å². The van der Waals surface area contributed by atoms with E-state index in [2.05, 4.69) is 89.4 Å². The summed E-state index contributed by atoms with van der Waals surface area (Å²) in [5, 5.41) is 10.8. The molecule has 0 radical (unpaired) electrons. The van der Waals surface area contributed by atoms with Gasteiger partial charge in [-0.1, -0.05) is 84.1 Å². The van der Waals surface area contributed by atoms with Crippen molar-refractivity contribution in [2.45, 2.75) is 19.4 Å². The van der Waals surface area contributed by atoms with Gasteiger partial charge in [-0.25, -0.2) is 0 Å². The average molecular weight is 427 g/mol. The molecule has 0 aliphatic carbocycles. The molecular weight excluding hydrogens is 409 g/mol. The van der Waals surface area contributed by atoms with Crippen molar-refractivity contribution in [1.29, 1.82) is 0 Å². The molecule has 1 N–H and O–H groups in total. The van der Waals surface area contributed by atoms with Gasteiger partial charge in [0.05, 0.1) is 10.5 Å². The third kappa shape index (κ3) is 2.42. The van der Waals surface area contributed by atoms with Crippen LogP contribution in [0.3, 0.4) is 0 Å². The summed E-state index contributed by atoms with van der Waals surface area (Å²) in [4.78, 5) is 11.9. The Kier molecular flexibility index (Phi) is 4.04. The minimum absolute atomic E-state index is 0.0526. The first kappa shape index (κ1) is 15.6. The third-order valence-electron chi connectivity index (χ3n) is 4.80. The molecule has 1 amide bonds. The molecule has 0 saturated heterocycles. The van der Waals surface area contributed by atoms with Gasteiger partial charge in [0.1, 0.15) is 0 Å². The minimum atomic E-state index is 0.0526. The first-order chi connectivity index (χ1) is 11.7. The largest absolute Gasteiger partial charge is 0.349 e. The molecule has 0 bridgehead atoms. The standard InChI is InChI=1S/C21H18INO/c1-2-18(23-19(24)12-22)16-10-8-15-7-6-13-4-3-5-14-9-11-17(16)21(15)20(13)14/h3-11,18H,2,12H2,1H3,(H,23,24). The van der Waals surface area contributed by atoms with Gasteiger partial charge in [0.2, 0.25) is 5.91 Å². The maximum Gasteiger partial charge on any atom is 0.230 e. The first-order valence-electron chi connectivity index (χ1n) is 8.24. The molecule has 0 aliphatic rings. The molecule has 1 unspecified atom stereocenters. The fourth-order valence-corrected chi connectivity index (χ4v) is 3.91. The van der Waals surface area contributed by atoms with Gasteiger partial charge in [-0.05, 0) is 44.3 Å². The molecule has 2 nitrogen and oxygen atoms in total. The highest BCUT2D eigenvalue weighted by atomic mass is 127. The highest BCUT2D eigenvalue weighted by Gasteiger charge is 2.17. The van der Waals surface area contributed by atoms with Crippen LogP contribution >= 0.6 is 22.6 Å². The van der Waals surface area contributed by atoms with Crippen LogP contribution in [-0.4, -0.2) is 10.3 Å². The number of amides is 1. The van der Waals surface area contributed by atoms with Crippen molar-refractivity contribution >= 4 is 60.8 Å². The summed E-state index contributed by atoms with van der Waals surface area (Å²) in [6.07, 6.45) is 0.881. The van der Waals surface area contributed by atoms with E-state index in [1.807, 2.05) is 0 Å². The van der Waals surface area contributed by atoms with Gasteiger partial charge in [0.25, 0.3) is 0 Å².